The number of ether oxygens (including phenoxy) is 1. The van der Waals surface area contributed by atoms with Crippen LogP contribution in [0.4, 0.5) is 0 Å². The molecule has 0 bridgehead atoms. The summed E-state index contributed by atoms with van der Waals surface area (Å²) >= 11 is 1.40. The van der Waals surface area contributed by atoms with Crippen LogP contribution in [0.2, 0.25) is 0 Å². The molecule has 2 rings (SSSR count). The van der Waals surface area contributed by atoms with Crippen molar-refractivity contribution in [2.24, 2.45) is 0 Å². The Balaban J connectivity index is 2.18. The van der Waals surface area contributed by atoms with Crippen molar-refractivity contribution in [1.29, 1.82) is 5.26 Å². The van der Waals surface area contributed by atoms with Gasteiger partial charge in [0.1, 0.15) is 16.7 Å². The Labute approximate surface area is 104 Å². The smallest absolute Gasteiger partial charge is 0.118 e. The van der Waals surface area contributed by atoms with E-state index in [1.165, 1.54) is 11.3 Å². The van der Waals surface area contributed by atoms with Gasteiger partial charge in [0, 0.05) is 5.56 Å². The normalized spacial score (nSPS) is 8.94. The highest BCUT2D eigenvalue weighted by atomic mass is 32.1. The lowest BCUT2D eigenvalue weighted by Crippen LogP contribution is -1.81. The summed E-state index contributed by atoms with van der Waals surface area (Å²) in [7, 11) is 1.63. The van der Waals surface area contributed by atoms with Gasteiger partial charge in [-0.3, -0.25) is 0 Å². The molecule has 0 radical (unpaired) electrons. The molecule has 2 aromatic rings. The second kappa shape index (κ2) is 5.21. The first kappa shape index (κ1) is 11.3. The molecule has 1 aromatic heterocycles. The van der Waals surface area contributed by atoms with Crippen molar-refractivity contribution < 1.29 is 4.74 Å². The highest BCUT2D eigenvalue weighted by Gasteiger charge is 1.95. The summed E-state index contributed by atoms with van der Waals surface area (Å²) < 4.78 is 5.07. The minimum absolute atomic E-state index is 0.684. The SMILES string of the molecule is COc1ccc(C#Cc2ccc(C#N)s2)cc1. The Morgan fingerprint density at radius 1 is 1.00 bits per heavy atom. The zero-order valence-electron chi connectivity index (χ0n) is 9.23. The van der Waals surface area contributed by atoms with Gasteiger partial charge in [0.15, 0.2) is 0 Å². The zero-order chi connectivity index (χ0) is 12.1. The largest absolute Gasteiger partial charge is 0.497 e. The summed E-state index contributed by atoms with van der Waals surface area (Å²) in [5.74, 6) is 6.89. The van der Waals surface area contributed by atoms with Crippen molar-refractivity contribution in [3.05, 3.63) is 51.7 Å². The number of methoxy groups -OCH3 is 1. The molecular formula is C14H9NOS. The lowest BCUT2D eigenvalue weighted by Gasteiger charge is -1.97. The van der Waals surface area contributed by atoms with E-state index >= 15 is 0 Å². The van der Waals surface area contributed by atoms with Crippen LogP contribution < -0.4 is 4.74 Å². The summed E-state index contributed by atoms with van der Waals surface area (Å²) in [6, 6.07) is 13.3. The second-order valence-corrected chi connectivity index (χ2v) is 4.34. The Kier molecular flexibility index (Phi) is 3.45. The molecule has 0 atom stereocenters. The third-order valence-corrected chi connectivity index (χ3v) is 3.04. The van der Waals surface area contributed by atoms with Crippen LogP contribution in [0.5, 0.6) is 5.75 Å². The fraction of sp³-hybridized carbons (Fsp3) is 0.0714. The molecular weight excluding hydrogens is 230 g/mol. The third-order valence-electron chi connectivity index (χ3n) is 2.14. The van der Waals surface area contributed by atoms with Gasteiger partial charge in [-0.2, -0.15) is 5.26 Å². The van der Waals surface area contributed by atoms with Crippen molar-refractivity contribution in [3.8, 4) is 23.7 Å². The molecule has 1 aromatic carbocycles. The van der Waals surface area contributed by atoms with E-state index in [0.29, 0.717) is 4.88 Å². The molecule has 0 saturated carbocycles. The Hall–Kier alpha value is -2.23. The van der Waals surface area contributed by atoms with Gasteiger partial charge in [0.25, 0.3) is 0 Å². The maximum Gasteiger partial charge on any atom is 0.118 e. The predicted molar refractivity (Wildman–Crippen MR) is 68.0 cm³/mol. The van der Waals surface area contributed by atoms with E-state index in [9.17, 15) is 0 Å². The summed E-state index contributed by atoms with van der Waals surface area (Å²) in [4.78, 5) is 1.58. The van der Waals surface area contributed by atoms with Gasteiger partial charge in [-0.25, -0.2) is 0 Å². The number of benzene rings is 1. The van der Waals surface area contributed by atoms with E-state index < -0.39 is 0 Å². The molecule has 0 aliphatic rings. The van der Waals surface area contributed by atoms with Gasteiger partial charge in [-0.1, -0.05) is 11.8 Å². The van der Waals surface area contributed by atoms with Gasteiger partial charge >= 0.3 is 0 Å². The molecule has 0 aliphatic carbocycles. The molecule has 1 heterocycles. The Morgan fingerprint density at radius 2 is 1.71 bits per heavy atom. The van der Waals surface area contributed by atoms with Crippen molar-refractivity contribution in [1.82, 2.24) is 0 Å². The van der Waals surface area contributed by atoms with Crippen LogP contribution in [-0.2, 0) is 0 Å². The maximum absolute atomic E-state index is 8.69. The monoisotopic (exact) mass is 239 g/mol. The minimum atomic E-state index is 0.684. The highest BCUT2D eigenvalue weighted by molar-refractivity contribution is 7.13. The number of hydrogen-bond donors (Lipinski definition) is 0. The molecule has 0 aliphatic heterocycles. The first-order chi connectivity index (χ1) is 8.31. The van der Waals surface area contributed by atoms with Crippen LogP contribution in [0.3, 0.4) is 0 Å². The molecule has 0 N–H and O–H groups in total. The molecule has 2 nitrogen and oxygen atoms in total. The molecule has 0 spiro atoms. The molecule has 0 amide bonds. The quantitative estimate of drug-likeness (QED) is 0.717. The average Bonchev–Trinajstić information content (AvgIpc) is 2.85. The minimum Gasteiger partial charge on any atom is -0.497 e. The highest BCUT2D eigenvalue weighted by Crippen LogP contribution is 2.14. The van der Waals surface area contributed by atoms with Gasteiger partial charge in [-0.05, 0) is 36.4 Å². The molecule has 17 heavy (non-hydrogen) atoms. The van der Waals surface area contributed by atoms with Crippen LogP contribution in [0.15, 0.2) is 36.4 Å². The van der Waals surface area contributed by atoms with E-state index in [4.69, 9.17) is 10.00 Å². The first-order valence-electron chi connectivity index (χ1n) is 4.98. The summed E-state index contributed by atoms with van der Waals surface area (Å²) in [6.07, 6.45) is 0. The molecule has 82 valence electrons. The van der Waals surface area contributed by atoms with Crippen molar-refractivity contribution in [2.75, 3.05) is 7.11 Å². The number of nitriles is 1. The number of nitrogens with zero attached hydrogens (tertiary/aromatic N) is 1. The van der Waals surface area contributed by atoms with Gasteiger partial charge < -0.3 is 4.74 Å². The van der Waals surface area contributed by atoms with Crippen molar-refractivity contribution >= 4 is 11.3 Å². The Bertz CT molecular complexity index is 608. The summed E-state index contributed by atoms with van der Waals surface area (Å²) in [5, 5.41) is 8.69. The van der Waals surface area contributed by atoms with Crippen molar-refractivity contribution in [2.45, 2.75) is 0 Å². The van der Waals surface area contributed by atoms with Gasteiger partial charge in [0.05, 0.1) is 12.0 Å². The van der Waals surface area contributed by atoms with Crippen LogP contribution in [0, 0.1) is 23.2 Å². The second-order valence-electron chi connectivity index (χ2n) is 3.25. The van der Waals surface area contributed by atoms with E-state index in [-0.39, 0.29) is 0 Å². The average molecular weight is 239 g/mol. The van der Waals surface area contributed by atoms with E-state index in [2.05, 4.69) is 17.9 Å². The molecule has 0 unspecified atom stereocenters. The van der Waals surface area contributed by atoms with Gasteiger partial charge in [0.2, 0.25) is 0 Å². The molecule has 0 fully saturated rings. The zero-order valence-corrected chi connectivity index (χ0v) is 10.0. The fourth-order valence-corrected chi connectivity index (χ4v) is 1.93. The summed E-state index contributed by atoms with van der Waals surface area (Å²) in [5.41, 5.74) is 0.928. The standard InChI is InChI=1S/C14H9NOS/c1-16-12-5-2-11(3-6-12)4-7-13-8-9-14(10-15)17-13/h2-3,5-6,8-9H,1H3. The number of thiophene rings is 1. The van der Waals surface area contributed by atoms with Gasteiger partial charge in [-0.15, -0.1) is 11.3 Å². The van der Waals surface area contributed by atoms with Crippen LogP contribution in [0.25, 0.3) is 0 Å². The van der Waals surface area contributed by atoms with E-state index in [1.807, 2.05) is 30.3 Å². The topological polar surface area (TPSA) is 33.0 Å². The first-order valence-corrected chi connectivity index (χ1v) is 5.79. The third kappa shape index (κ3) is 2.87. The lowest BCUT2D eigenvalue weighted by molar-refractivity contribution is 0.415. The number of hydrogen-bond acceptors (Lipinski definition) is 3. The molecule has 3 heteroatoms. The van der Waals surface area contributed by atoms with Crippen LogP contribution in [0.1, 0.15) is 15.3 Å². The number of rotatable bonds is 1. The van der Waals surface area contributed by atoms with Crippen molar-refractivity contribution in [3.63, 3.8) is 0 Å². The van der Waals surface area contributed by atoms with E-state index in [1.54, 1.807) is 13.2 Å². The maximum atomic E-state index is 8.69. The summed E-state index contributed by atoms with van der Waals surface area (Å²) in [6.45, 7) is 0. The fourth-order valence-electron chi connectivity index (χ4n) is 1.27. The van der Waals surface area contributed by atoms with Crippen LogP contribution >= 0.6 is 11.3 Å². The lowest BCUT2D eigenvalue weighted by atomic mass is 10.2. The Morgan fingerprint density at radius 3 is 2.29 bits per heavy atom. The van der Waals surface area contributed by atoms with Crippen LogP contribution in [-0.4, -0.2) is 7.11 Å². The predicted octanol–water partition coefficient (Wildman–Crippen LogP) is 3.03. The molecule has 0 saturated heterocycles. The van der Waals surface area contributed by atoms with E-state index in [0.717, 1.165) is 16.2 Å².